The van der Waals surface area contributed by atoms with E-state index >= 15 is 0 Å². The molecule has 98 valence electrons. The number of hydrogen-bond donors (Lipinski definition) is 2. The second-order valence-corrected chi connectivity index (χ2v) is 6.48. The van der Waals surface area contributed by atoms with Crippen LogP contribution < -0.4 is 10.6 Å². The molecular formula is C14H32N2. The fourth-order valence-electron chi connectivity index (χ4n) is 1.49. The Labute approximate surface area is 103 Å². The van der Waals surface area contributed by atoms with Crippen molar-refractivity contribution in [1.82, 2.24) is 10.6 Å². The zero-order chi connectivity index (χ0) is 13.0. The van der Waals surface area contributed by atoms with E-state index in [1.54, 1.807) is 0 Å². The Kier molecular flexibility index (Phi) is 5.99. The largest absolute Gasteiger partial charge is 0.299 e. The molecular weight excluding hydrogens is 196 g/mol. The van der Waals surface area contributed by atoms with Crippen molar-refractivity contribution in [2.75, 3.05) is 0 Å². The third-order valence-corrected chi connectivity index (χ3v) is 3.61. The van der Waals surface area contributed by atoms with Crippen molar-refractivity contribution in [1.29, 1.82) is 0 Å². The molecule has 0 heterocycles. The predicted octanol–water partition coefficient (Wildman–Crippen LogP) is 3.52. The monoisotopic (exact) mass is 228 g/mol. The van der Waals surface area contributed by atoms with Crippen LogP contribution in [0.2, 0.25) is 0 Å². The molecule has 0 radical (unpaired) electrons. The Morgan fingerprint density at radius 3 is 1.75 bits per heavy atom. The molecule has 0 aliphatic carbocycles. The first-order valence-corrected chi connectivity index (χ1v) is 6.68. The summed E-state index contributed by atoms with van der Waals surface area (Å²) in [5.74, 6) is 0. The molecule has 0 aromatic rings. The minimum atomic E-state index is 0.193. The van der Waals surface area contributed by atoms with Crippen LogP contribution in [0.25, 0.3) is 0 Å². The highest BCUT2D eigenvalue weighted by Gasteiger charge is 2.31. The zero-order valence-corrected chi connectivity index (χ0v) is 12.6. The summed E-state index contributed by atoms with van der Waals surface area (Å²) in [5, 5.41) is 7.40. The summed E-state index contributed by atoms with van der Waals surface area (Å²) < 4.78 is 0. The van der Waals surface area contributed by atoms with E-state index in [-0.39, 0.29) is 11.0 Å². The molecule has 0 saturated heterocycles. The molecule has 0 aliphatic rings. The van der Waals surface area contributed by atoms with Gasteiger partial charge in [0.1, 0.15) is 0 Å². The van der Waals surface area contributed by atoms with Gasteiger partial charge in [-0.1, -0.05) is 27.7 Å². The van der Waals surface area contributed by atoms with Gasteiger partial charge in [0, 0.05) is 11.6 Å². The smallest absolute Gasteiger partial charge is 0.0630 e. The molecule has 16 heavy (non-hydrogen) atoms. The van der Waals surface area contributed by atoms with Gasteiger partial charge in [-0.05, 0) is 46.0 Å². The van der Waals surface area contributed by atoms with Crippen LogP contribution >= 0.6 is 0 Å². The first kappa shape index (κ1) is 15.9. The van der Waals surface area contributed by atoms with Crippen molar-refractivity contribution >= 4 is 0 Å². The average molecular weight is 228 g/mol. The van der Waals surface area contributed by atoms with E-state index in [9.17, 15) is 0 Å². The van der Waals surface area contributed by atoms with E-state index in [1.165, 1.54) is 6.42 Å². The molecule has 1 atom stereocenters. The van der Waals surface area contributed by atoms with Crippen LogP contribution in [0.5, 0.6) is 0 Å². The fourth-order valence-corrected chi connectivity index (χ4v) is 1.49. The summed E-state index contributed by atoms with van der Waals surface area (Å²) in [4.78, 5) is 0. The van der Waals surface area contributed by atoms with Gasteiger partial charge in [-0.25, -0.2) is 0 Å². The minimum absolute atomic E-state index is 0.193. The number of nitrogens with one attached hydrogen (secondary N) is 2. The highest BCUT2D eigenvalue weighted by atomic mass is 15.2. The van der Waals surface area contributed by atoms with Crippen molar-refractivity contribution in [3.63, 3.8) is 0 Å². The predicted molar refractivity (Wildman–Crippen MR) is 73.6 cm³/mol. The van der Waals surface area contributed by atoms with Gasteiger partial charge in [0.05, 0.1) is 6.17 Å². The van der Waals surface area contributed by atoms with Crippen LogP contribution in [0.15, 0.2) is 0 Å². The maximum absolute atomic E-state index is 3.75. The quantitative estimate of drug-likeness (QED) is 0.651. The fraction of sp³-hybridized carbons (Fsp3) is 1.00. The topological polar surface area (TPSA) is 24.1 Å². The SMILES string of the molecule is CCC(C)(C)NC(NC(C)C)C(C)(C)CC. The van der Waals surface area contributed by atoms with Crippen molar-refractivity contribution in [2.45, 2.75) is 86.0 Å². The first-order chi connectivity index (χ1) is 7.14. The van der Waals surface area contributed by atoms with Gasteiger partial charge < -0.3 is 0 Å². The summed E-state index contributed by atoms with van der Waals surface area (Å²) >= 11 is 0. The standard InChI is InChI=1S/C14H32N2/c1-9-13(5,6)12(15-11(3)4)16-14(7,8)10-2/h11-12,15-16H,9-10H2,1-8H3. The molecule has 2 heteroatoms. The highest BCUT2D eigenvalue weighted by molar-refractivity contribution is 4.88. The lowest BCUT2D eigenvalue weighted by molar-refractivity contribution is 0.144. The lowest BCUT2D eigenvalue weighted by Gasteiger charge is -2.41. The Hall–Kier alpha value is -0.0800. The summed E-state index contributed by atoms with van der Waals surface area (Å²) in [6.07, 6.45) is 2.68. The van der Waals surface area contributed by atoms with Gasteiger partial charge in [0.25, 0.3) is 0 Å². The number of hydrogen-bond acceptors (Lipinski definition) is 2. The van der Waals surface area contributed by atoms with Gasteiger partial charge >= 0.3 is 0 Å². The minimum Gasteiger partial charge on any atom is -0.299 e. The molecule has 0 fully saturated rings. The van der Waals surface area contributed by atoms with Crippen molar-refractivity contribution in [3.8, 4) is 0 Å². The van der Waals surface area contributed by atoms with Crippen LogP contribution in [0.1, 0.15) is 68.2 Å². The molecule has 2 N–H and O–H groups in total. The van der Waals surface area contributed by atoms with Crippen LogP contribution in [0, 0.1) is 5.41 Å². The molecule has 0 amide bonds. The molecule has 0 saturated carbocycles. The van der Waals surface area contributed by atoms with E-state index in [4.69, 9.17) is 0 Å². The lowest BCUT2D eigenvalue weighted by Crippen LogP contribution is -2.60. The van der Waals surface area contributed by atoms with Crippen molar-refractivity contribution in [2.24, 2.45) is 5.41 Å². The highest BCUT2D eigenvalue weighted by Crippen LogP contribution is 2.25. The lowest BCUT2D eigenvalue weighted by atomic mass is 9.84. The molecule has 0 aromatic heterocycles. The van der Waals surface area contributed by atoms with Crippen LogP contribution in [-0.2, 0) is 0 Å². The molecule has 1 unspecified atom stereocenters. The van der Waals surface area contributed by atoms with Crippen LogP contribution in [-0.4, -0.2) is 17.7 Å². The summed E-state index contributed by atoms with van der Waals surface area (Å²) in [6, 6.07) is 0.510. The van der Waals surface area contributed by atoms with Gasteiger partial charge in [-0.3, -0.25) is 10.6 Å². The number of rotatable bonds is 7. The Morgan fingerprint density at radius 2 is 1.44 bits per heavy atom. The Balaban J connectivity index is 4.68. The maximum atomic E-state index is 3.75. The third-order valence-electron chi connectivity index (χ3n) is 3.61. The summed E-state index contributed by atoms with van der Waals surface area (Å²) in [5.41, 5.74) is 0.468. The van der Waals surface area contributed by atoms with Gasteiger partial charge in [0.15, 0.2) is 0 Å². The molecule has 0 aromatic carbocycles. The summed E-state index contributed by atoms with van der Waals surface area (Å²) in [7, 11) is 0. The van der Waals surface area contributed by atoms with Gasteiger partial charge in [0.2, 0.25) is 0 Å². The average Bonchev–Trinajstić information content (AvgIpc) is 2.16. The van der Waals surface area contributed by atoms with Crippen molar-refractivity contribution in [3.05, 3.63) is 0 Å². The van der Waals surface area contributed by atoms with Gasteiger partial charge in [-0.2, -0.15) is 0 Å². The van der Waals surface area contributed by atoms with E-state index in [2.05, 4.69) is 66.0 Å². The Morgan fingerprint density at radius 1 is 0.938 bits per heavy atom. The summed E-state index contributed by atoms with van der Waals surface area (Å²) in [6.45, 7) is 18.1. The van der Waals surface area contributed by atoms with Crippen LogP contribution in [0.3, 0.4) is 0 Å². The first-order valence-electron chi connectivity index (χ1n) is 6.68. The molecule has 0 spiro atoms. The van der Waals surface area contributed by atoms with Crippen molar-refractivity contribution < 1.29 is 0 Å². The molecule has 2 nitrogen and oxygen atoms in total. The van der Waals surface area contributed by atoms with E-state index in [1.807, 2.05) is 0 Å². The second-order valence-electron chi connectivity index (χ2n) is 6.48. The zero-order valence-electron chi connectivity index (χ0n) is 12.6. The molecule has 0 rings (SSSR count). The van der Waals surface area contributed by atoms with E-state index < -0.39 is 0 Å². The third kappa shape index (κ3) is 5.31. The maximum Gasteiger partial charge on any atom is 0.0630 e. The van der Waals surface area contributed by atoms with E-state index in [0.717, 1.165) is 6.42 Å². The van der Waals surface area contributed by atoms with E-state index in [0.29, 0.717) is 12.2 Å². The normalized spacial score (nSPS) is 15.6. The molecule has 0 bridgehead atoms. The van der Waals surface area contributed by atoms with Gasteiger partial charge in [-0.15, -0.1) is 0 Å². The molecule has 0 aliphatic heterocycles. The Bertz CT molecular complexity index is 195. The van der Waals surface area contributed by atoms with Crippen LogP contribution in [0.4, 0.5) is 0 Å². The second kappa shape index (κ2) is 6.02.